The van der Waals surface area contributed by atoms with E-state index in [1.54, 1.807) is 5.57 Å². The third-order valence-corrected chi connectivity index (χ3v) is 14.3. The molecule has 7 heteroatoms. The average molecular weight is 598 g/mol. The Balaban J connectivity index is 1.15. The first kappa shape index (κ1) is 30.1. The van der Waals surface area contributed by atoms with Crippen LogP contribution in [0.2, 0.25) is 0 Å². The van der Waals surface area contributed by atoms with Crippen molar-refractivity contribution in [3.8, 4) is 0 Å². The summed E-state index contributed by atoms with van der Waals surface area (Å²) in [6.07, 6.45) is 11.3. The van der Waals surface area contributed by atoms with E-state index in [0.29, 0.717) is 29.3 Å². The number of fused-ring (bicyclic) bond motifs is 8. The number of Topliss-reactive ketones (excluding diaryl/α,β-unsaturated/α-hetero) is 2. The van der Waals surface area contributed by atoms with Crippen LogP contribution in [0.5, 0.6) is 0 Å². The van der Waals surface area contributed by atoms with Crippen LogP contribution < -0.4 is 5.32 Å². The van der Waals surface area contributed by atoms with Gasteiger partial charge in [0.05, 0.1) is 6.10 Å². The Kier molecular flexibility index (Phi) is 7.14. The van der Waals surface area contributed by atoms with E-state index in [1.807, 2.05) is 0 Å². The molecule has 1 amide bonds. The van der Waals surface area contributed by atoms with Crippen molar-refractivity contribution in [2.24, 2.45) is 51.2 Å². The zero-order valence-corrected chi connectivity index (χ0v) is 26.9. The Bertz CT molecular complexity index is 1230. The molecule has 12 unspecified atom stereocenters. The molecule has 0 bridgehead atoms. The van der Waals surface area contributed by atoms with Gasteiger partial charge in [-0.1, -0.05) is 46.3 Å². The zero-order chi connectivity index (χ0) is 30.5. The molecule has 0 aromatic carbocycles. The molecule has 0 aromatic heterocycles. The highest BCUT2D eigenvalue weighted by atomic mass is 19.1. The number of ketones is 2. The number of hydrogen-bond donors (Lipinski definition) is 1. The lowest BCUT2D eigenvalue weighted by atomic mass is 9.38. The number of ether oxygens (including phenoxy) is 2. The van der Waals surface area contributed by atoms with Gasteiger partial charge >= 0.3 is 0 Å². The maximum Gasteiger partial charge on any atom is 0.252 e. The van der Waals surface area contributed by atoms with Gasteiger partial charge in [-0.25, -0.2) is 4.39 Å². The normalized spacial score (nSPS) is 49.4. The van der Waals surface area contributed by atoms with Crippen LogP contribution in [0.1, 0.15) is 105 Å². The highest BCUT2D eigenvalue weighted by Gasteiger charge is 2.66. The number of alkyl halides is 1. The van der Waals surface area contributed by atoms with Gasteiger partial charge in [-0.05, 0) is 97.7 Å². The molecule has 0 aromatic rings. The fourth-order valence-corrected chi connectivity index (χ4v) is 11.9. The van der Waals surface area contributed by atoms with Crippen LogP contribution in [0, 0.1) is 51.2 Å². The number of amides is 1. The molecule has 7 rings (SSSR count). The van der Waals surface area contributed by atoms with Crippen molar-refractivity contribution >= 4 is 17.5 Å². The van der Waals surface area contributed by atoms with E-state index in [0.717, 1.165) is 57.8 Å². The van der Waals surface area contributed by atoms with Crippen LogP contribution in [-0.2, 0) is 23.9 Å². The number of nitrogens with one attached hydrogen (secondary N) is 1. The summed E-state index contributed by atoms with van der Waals surface area (Å²) in [7, 11) is 0. The smallest absolute Gasteiger partial charge is 0.252 e. The van der Waals surface area contributed by atoms with Crippen LogP contribution in [-0.4, -0.2) is 55.1 Å². The van der Waals surface area contributed by atoms with Crippen molar-refractivity contribution in [2.75, 3.05) is 13.2 Å². The van der Waals surface area contributed by atoms with Gasteiger partial charge in [0, 0.05) is 30.7 Å². The third-order valence-electron chi connectivity index (χ3n) is 14.3. The molecule has 43 heavy (non-hydrogen) atoms. The maximum atomic E-state index is 14.5. The Morgan fingerprint density at radius 1 is 0.977 bits per heavy atom. The van der Waals surface area contributed by atoms with Gasteiger partial charge < -0.3 is 14.8 Å². The molecule has 2 heterocycles. The number of carbonyl (C=O) groups is 3. The van der Waals surface area contributed by atoms with Gasteiger partial charge in [-0.2, -0.15) is 0 Å². The summed E-state index contributed by atoms with van der Waals surface area (Å²) < 4.78 is 24.5. The molecule has 2 aliphatic heterocycles. The van der Waals surface area contributed by atoms with E-state index >= 15 is 0 Å². The van der Waals surface area contributed by atoms with E-state index in [2.05, 4.69) is 46.0 Å². The molecular weight excluding hydrogens is 545 g/mol. The highest BCUT2D eigenvalue weighted by Crippen LogP contribution is 2.70. The first-order chi connectivity index (χ1) is 20.3. The van der Waals surface area contributed by atoms with Crippen LogP contribution in [0.3, 0.4) is 0 Å². The van der Waals surface area contributed by atoms with E-state index in [1.165, 1.54) is 6.42 Å². The monoisotopic (exact) mass is 597 g/mol. The fraction of sp³-hybridized carbons (Fsp3) is 0.861. The van der Waals surface area contributed by atoms with Crippen molar-refractivity contribution in [3.05, 3.63) is 11.6 Å². The molecule has 6 nitrogen and oxygen atoms in total. The molecule has 7 aliphatic rings. The second kappa shape index (κ2) is 10.2. The zero-order valence-electron chi connectivity index (χ0n) is 26.9. The molecule has 2 saturated heterocycles. The molecule has 5 aliphatic carbocycles. The van der Waals surface area contributed by atoms with Crippen molar-refractivity contribution < 1.29 is 28.2 Å². The molecule has 6 fully saturated rings. The first-order valence-electron chi connectivity index (χ1n) is 17.3. The van der Waals surface area contributed by atoms with Crippen molar-refractivity contribution in [2.45, 2.75) is 130 Å². The van der Waals surface area contributed by atoms with Gasteiger partial charge in [0.25, 0.3) is 5.91 Å². The van der Waals surface area contributed by atoms with Crippen LogP contribution in [0.25, 0.3) is 0 Å². The molecular formula is C36H52FNO5. The average Bonchev–Trinajstić information content (AvgIpc) is 3.68. The summed E-state index contributed by atoms with van der Waals surface area (Å²) in [5.41, 5.74) is 1.77. The largest absolute Gasteiger partial charge is 0.363 e. The van der Waals surface area contributed by atoms with Gasteiger partial charge in [0.15, 0.2) is 6.10 Å². The van der Waals surface area contributed by atoms with Crippen LogP contribution in [0.15, 0.2) is 11.6 Å². The SMILES string of the molecule is CC1C(=O)CCC2(C)C1CCC1(C)C3CCC4(C(=O)CC5OC(C(=O)NCCF)C6OC56)CCC(C)(C)CC4C3=CCC12. The van der Waals surface area contributed by atoms with Gasteiger partial charge in [0.1, 0.15) is 30.4 Å². The molecule has 1 N–H and O–H groups in total. The minimum atomic E-state index is -0.754. The van der Waals surface area contributed by atoms with Crippen LogP contribution >= 0.6 is 0 Å². The van der Waals surface area contributed by atoms with E-state index in [4.69, 9.17) is 9.47 Å². The molecule has 12 atom stereocenters. The molecule has 0 spiro atoms. The quantitative estimate of drug-likeness (QED) is 0.293. The second-order valence-corrected chi connectivity index (χ2v) is 16.8. The lowest BCUT2D eigenvalue weighted by Gasteiger charge is -2.66. The van der Waals surface area contributed by atoms with Crippen molar-refractivity contribution in [3.63, 3.8) is 0 Å². The number of halogens is 1. The molecule has 238 valence electrons. The minimum absolute atomic E-state index is 0.0345. The van der Waals surface area contributed by atoms with E-state index in [-0.39, 0.29) is 64.6 Å². The number of allylic oxidation sites excluding steroid dienone is 2. The molecule has 0 radical (unpaired) electrons. The highest BCUT2D eigenvalue weighted by molar-refractivity contribution is 5.87. The number of rotatable bonds is 6. The van der Waals surface area contributed by atoms with Gasteiger partial charge in [-0.3, -0.25) is 14.4 Å². The van der Waals surface area contributed by atoms with Crippen molar-refractivity contribution in [1.82, 2.24) is 5.32 Å². The predicted octanol–water partition coefficient (Wildman–Crippen LogP) is 6.16. The number of carbonyl (C=O) groups excluding carboxylic acids is 3. The minimum Gasteiger partial charge on any atom is -0.363 e. The van der Waals surface area contributed by atoms with Gasteiger partial charge in [0.2, 0.25) is 0 Å². The maximum absolute atomic E-state index is 14.5. The Hall–Kier alpha value is -1.60. The topological polar surface area (TPSA) is 85.0 Å². The standard InChI is InChI=1S/C36H52FNO5/c1-20-22-8-11-35(5)23-9-13-36(28(40)18-26-29-30(43-29)31(42-26)32(41)38-17-16-37)15-14-33(2,3)19-24(36)21(23)6-7-27(35)34(22,4)12-10-25(20)39/h6,20,22-24,26-27,29-31H,7-19H2,1-5H3,(H,38,41). The van der Waals surface area contributed by atoms with Crippen molar-refractivity contribution in [1.29, 1.82) is 0 Å². The second-order valence-electron chi connectivity index (χ2n) is 16.8. The third kappa shape index (κ3) is 4.47. The Morgan fingerprint density at radius 3 is 2.53 bits per heavy atom. The number of epoxide rings is 1. The summed E-state index contributed by atoms with van der Waals surface area (Å²) >= 11 is 0. The Morgan fingerprint density at radius 2 is 1.77 bits per heavy atom. The lowest BCUT2D eigenvalue weighted by Crippen LogP contribution is -2.60. The Labute approximate surface area is 256 Å². The predicted molar refractivity (Wildman–Crippen MR) is 161 cm³/mol. The first-order valence-corrected chi connectivity index (χ1v) is 17.3. The summed E-state index contributed by atoms with van der Waals surface area (Å²) in [6, 6.07) is 0. The lowest BCUT2D eigenvalue weighted by molar-refractivity contribution is -0.159. The van der Waals surface area contributed by atoms with Gasteiger partial charge in [-0.15, -0.1) is 0 Å². The summed E-state index contributed by atoms with van der Waals surface area (Å²) in [5, 5.41) is 2.58. The summed E-state index contributed by atoms with van der Waals surface area (Å²) in [6.45, 7) is 11.3. The van der Waals surface area contributed by atoms with Crippen LogP contribution in [0.4, 0.5) is 4.39 Å². The van der Waals surface area contributed by atoms with E-state index in [9.17, 15) is 18.8 Å². The van der Waals surface area contributed by atoms with E-state index < -0.39 is 18.9 Å². The summed E-state index contributed by atoms with van der Waals surface area (Å²) in [5.74, 6) is 2.40. The number of hydrogen-bond acceptors (Lipinski definition) is 5. The molecule has 4 saturated carbocycles. The summed E-state index contributed by atoms with van der Waals surface area (Å²) in [4.78, 5) is 39.8. The fourth-order valence-electron chi connectivity index (χ4n) is 11.9.